The van der Waals surface area contributed by atoms with Crippen molar-refractivity contribution in [1.82, 2.24) is 9.97 Å². The van der Waals surface area contributed by atoms with Gasteiger partial charge in [-0.05, 0) is 25.1 Å². The minimum Gasteiger partial charge on any atom is -0.744 e. The summed E-state index contributed by atoms with van der Waals surface area (Å²) in [5.74, 6) is 0. The summed E-state index contributed by atoms with van der Waals surface area (Å²) in [5.41, 5.74) is 2.91. The Morgan fingerprint density at radius 2 is 1.79 bits per heavy atom. The molecule has 0 saturated heterocycles. The molecule has 24 heavy (non-hydrogen) atoms. The summed E-state index contributed by atoms with van der Waals surface area (Å²) < 4.78 is 33.2. The Kier molecular flexibility index (Phi) is 5.73. The lowest BCUT2D eigenvalue weighted by molar-refractivity contribution is -0.671. The van der Waals surface area contributed by atoms with E-state index in [1.807, 2.05) is 43.1 Å². The third-order valence-electron chi connectivity index (χ3n) is 3.11. The second kappa shape index (κ2) is 7.76. The van der Waals surface area contributed by atoms with E-state index in [0.29, 0.717) is 0 Å². The van der Waals surface area contributed by atoms with Crippen LogP contribution in [-0.2, 0) is 17.2 Å². The molecule has 0 spiro atoms. The van der Waals surface area contributed by atoms with Crippen LogP contribution >= 0.6 is 0 Å². The Bertz CT molecular complexity index is 896. The Balaban J connectivity index is 0.000000177. The molecule has 1 aromatic carbocycles. The average Bonchev–Trinajstić information content (AvgIpc) is 2.56. The predicted molar refractivity (Wildman–Crippen MR) is 87.8 cm³/mol. The van der Waals surface area contributed by atoms with Crippen LogP contribution in [0, 0.1) is 6.92 Å². The number of benzene rings is 1. The summed E-state index contributed by atoms with van der Waals surface area (Å²) in [6, 6.07) is 9.79. The van der Waals surface area contributed by atoms with Crippen LogP contribution in [0.15, 0.2) is 72.3 Å². The van der Waals surface area contributed by atoms with E-state index in [1.165, 1.54) is 12.1 Å². The highest BCUT2D eigenvalue weighted by Crippen LogP contribution is 2.11. The van der Waals surface area contributed by atoms with E-state index in [-0.39, 0.29) is 4.90 Å². The smallest absolute Gasteiger partial charge is 0.178 e. The summed E-state index contributed by atoms with van der Waals surface area (Å²) in [6.07, 6.45) is 9.13. The molecular formula is C17H17N3O3S. The summed E-state index contributed by atoms with van der Waals surface area (Å²) in [6.45, 7) is 1.82. The SMILES string of the molecule is C[n+]1cccc(-c2cnccn2)c1.Cc1ccc(S(=O)(=O)[O-])cc1. The fraction of sp³-hybridized carbons (Fsp3) is 0.118. The van der Waals surface area contributed by atoms with Crippen molar-refractivity contribution < 1.29 is 17.5 Å². The van der Waals surface area contributed by atoms with Crippen molar-refractivity contribution in [1.29, 1.82) is 0 Å². The standard InChI is InChI=1S/C10H10N3.C7H8O3S/c1-13-6-2-3-9(8-13)10-7-11-4-5-12-10;1-6-2-4-7(5-3-6)11(8,9)10/h2-8H,1H3;2-5H,1H3,(H,8,9,10)/q+1;/p-1. The van der Waals surface area contributed by atoms with E-state index >= 15 is 0 Å². The molecule has 0 radical (unpaired) electrons. The molecule has 0 atom stereocenters. The number of pyridine rings is 1. The first-order valence-electron chi connectivity index (χ1n) is 7.10. The lowest BCUT2D eigenvalue weighted by Crippen LogP contribution is -2.26. The van der Waals surface area contributed by atoms with E-state index in [4.69, 9.17) is 0 Å². The Morgan fingerprint density at radius 1 is 1.08 bits per heavy atom. The van der Waals surface area contributed by atoms with Gasteiger partial charge < -0.3 is 4.55 Å². The Hall–Kier alpha value is -2.64. The van der Waals surface area contributed by atoms with Gasteiger partial charge in [0.1, 0.15) is 17.2 Å². The lowest BCUT2D eigenvalue weighted by Gasteiger charge is -2.05. The lowest BCUT2D eigenvalue weighted by atomic mass is 10.2. The molecule has 0 bridgehead atoms. The van der Waals surface area contributed by atoms with Gasteiger partial charge in [0.25, 0.3) is 0 Å². The molecule has 2 heterocycles. The predicted octanol–water partition coefficient (Wildman–Crippen LogP) is 1.87. The maximum absolute atomic E-state index is 10.4. The van der Waals surface area contributed by atoms with Crippen LogP contribution in [0.4, 0.5) is 0 Å². The van der Waals surface area contributed by atoms with Crippen molar-refractivity contribution in [3.63, 3.8) is 0 Å². The van der Waals surface area contributed by atoms with E-state index in [1.54, 1.807) is 30.7 Å². The van der Waals surface area contributed by atoms with Gasteiger partial charge in [-0.1, -0.05) is 17.7 Å². The molecular weight excluding hydrogens is 326 g/mol. The minimum absolute atomic E-state index is 0.178. The van der Waals surface area contributed by atoms with Crippen molar-refractivity contribution in [2.24, 2.45) is 7.05 Å². The zero-order chi connectivity index (χ0) is 17.6. The summed E-state index contributed by atoms with van der Waals surface area (Å²) in [4.78, 5) is 8.06. The van der Waals surface area contributed by atoms with Crippen molar-refractivity contribution in [2.45, 2.75) is 11.8 Å². The highest BCUT2D eigenvalue weighted by molar-refractivity contribution is 7.85. The van der Waals surface area contributed by atoms with Crippen LogP contribution in [-0.4, -0.2) is 22.9 Å². The second-order valence-electron chi connectivity index (χ2n) is 5.12. The number of aromatic nitrogens is 3. The molecule has 0 fully saturated rings. The maximum Gasteiger partial charge on any atom is 0.178 e. The molecule has 0 N–H and O–H groups in total. The van der Waals surface area contributed by atoms with E-state index in [9.17, 15) is 13.0 Å². The van der Waals surface area contributed by atoms with Crippen molar-refractivity contribution >= 4 is 10.1 Å². The van der Waals surface area contributed by atoms with Crippen molar-refractivity contribution in [2.75, 3.05) is 0 Å². The first kappa shape index (κ1) is 17.7. The summed E-state index contributed by atoms with van der Waals surface area (Å²) >= 11 is 0. The Labute approximate surface area is 141 Å². The van der Waals surface area contributed by atoms with Gasteiger partial charge in [0, 0.05) is 18.5 Å². The average molecular weight is 343 g/mol. The van der Waals surface area contributed by atoms with Crippen molar-refractivity contribution in [3.8, 4) is 11.3 Å². The molecule has 2 aromatic heterocycles. The van der Waals surface area contributed by atoms with Crippen LogP contribution in [0.3, 0.4) is 0 Å². The third-order valence-corrected chi connectivity index (χ3v) is 3.96. The first-order valence-corrected chi connectivity index (χ1v) is 8.51. The zero-order valence-electron chi connectivity index (χ0n) is 13.3. The van der Waals surface area contributed by atoms with Gasteiger partial charge in [0.2, 0.25) is 0 Å². The highest BCUT2D eigenvalue weighted by atomic mass is 32.2. The van der Waals surface area contributed by atoms with Gasteiger partial charge in [0.15, 0.2) is 12.4 Å². The summed E-state index contributed by atoms with van der Waals surface area (Å²) in [5, 5.41) is 0. The van der Waals surface area contributed by atoms with Gasteiger partial charge in [-0.15, -0.1) is 0 Å². The van der Waals surface area contributed by atoms with Gasteiger partial charge >= 0.3 is 0 Å². The number of hydrogen-bond acceptors (Lipinski definition) is 5. The fourth-order valence-corrected chi connectivity index (χ4v) is 2.36. The van der Waals surface area contributed by atoms with E-state index in [0.717, 1.165) is 16.8 Å². The normalized spacial score (nSPS) is 10.6. The number of rotatable bonds is 2. The van der Waals surface area contributed by atoms with E-state index in [2.05, 4.69) is 9.97 Å². The van der Waals surface area contributed by atoms with Crippen LogP contribution in [0.2, 0.25) is 0 Å². The topological polar surface area (TPSA) is 86.9 Å². The van der Waals surface area contributed by atoms with Crippen LogP contribution in [0.25, 0.3) is 11.3 Å². The quantitative estimate of drug-likeness (QED) is 0.524. The molecule has 7 heteroatoms. The summed E-state index contributed by atoms with van der Waals surface area (Å²) in [7, 11) is -2.28. The number of aryl methyl sites for hydroxylation is 2. The van der Waals surface area contributed by atoms with E-state index < -0.39 is 10.1 Å². The molecule has 0 saturated carbocycles. The number of nitrogens with zero attached hydrogens (tertiary/aromatic N) is 3. The largest absolute Gasteiger partial charge is 0.744 e. The molecule has 6 nitrogen and oxygen atoms in total. The Morgan fingerprint density at radius 3 is 2.33 bits per heavy atom. The fourth-order valence-electron chi connectivity index (χ4n) is 1.89. The van der Waals surface area contributed by atoms with Crippen LogP contribution < -0.4 is 4.57 Å². The first-order chi connectivity index (χ1) is 11.4. The van der Waals surface area contributed by atoms with Crippen LogP contribution in [0.5, 0.6) is 0 Å². The van der Waals surface area contributed by atoms with Gasteiger partial charge in [-0.2, -0.15) is 0 Å². The van der Waals surface area contributed by atoms with Gasteiger partial charge in [-0.25, -0.2) is 13.0 Å². The molecule has 3 rings (SSSR count). The molecule has 0 aliphatic carbocycles. The molecule has 0 amide bonds. The minimum atomic E-state index is -4.27. The van der Waals surface area contributed by atoms with Gasteiger partial charge in [-0.3, -0.25) is 9.97 Å². The molecule has 3 aromatic rings. The third kappa shape index (κ3) is 5.22. The maximum atomic E-state index is 10.4. The zero-order valence-corrected chi connectivity index (χ0v) is 14.1. The second-order valence-corrected chi connectivity index (χ2v) is 6.50. The molecule has 124 valence electrons. The van der Waals surface area contributed by atoms with Crippen LogP contribution in [0.1, 0.15) is 5.56 Å². The number of hydrogen-bond donors (Lipinski definition) is 0. The molecule has 0 aliphatic heterocycles. The molecule has 0 aliphatic rings. The monoisotopic (exact) mass is 343 g/mol. The highest BCUT2D eigenvalue weighted by Gasteiger charge is 2.01. The van der Waals surface area contributed by atoms with Gasteiger partial charge in [0.05, 0.1) is 22.3 Å². The molecule has 0 unspecified atom stereocenters. The van der Waals surface area contributed by atoms with Crippen molar-refractivity contribution in [3.05, 3.63) is 72.9 Å².